The van der Waals surface area contributed by atoms with Crippen LogP contribution in [-0.4, -0.2) is 27.1 Å². The van der Waals surface area contributed by atoms with Crippen LogP contribution in [0.4, 0.5) is 13.2 Å². The summed E-state index contributed by atoms with van der Waals surface area (Å²) in [5.41, 5.74) is -5.85. The van der Waals surface area contributed by atoms with Gasteiger partial charge in [0.1, 0.15) is 10.5 Å². The minimum Gasteiger partial charge on any atom is -0.395 e. The van der Waals surface area contributed by atoms with E-state index in [0.717, 1.165) is 4.90 Å². The smallest absolute Gasteiger partial charge is 0.395 e. The average molecular weight is 470 g/mol. The standard InChI is InChI=1S/C17H18F3NO5S3/c1-16(2,3)27(14-9-5-4-6-10-14)15-11-7-8-13(12-15)26-29(24,25)21-28(22,23)17(18,19)20/h4-12H,1-3H3. The second-order valence-electron chi connectivity index (χ2n) is 6.71. The molecule has 0 N–H and O–H groups in total. The van der Waals surface area contributed by atoms with Crippen LogP contribution in [0.15, 0.2) is 64.4 Å². The summed E-state index contributed by atoms with van der Waals surface area (Å²) >= 11 is 0. The van der Waals surface area contributed by atoms with E-state index in [-0.39, 0.29) is 10.5 Å². The molecule has 0 heterocycles. The van der Waals surface area contributed by atoms with Gasteiger partial charge in [-0.1, -0.05) is 24.3 Å². The first-order valence-corrected chi connectivity index (χ1v) is 12.0. The molecule has 1 unspecified atom stereocenters. The van der Waals surface area contributed by atoms with Crippen molar-refractivity contribution in [1.29, 1.82) is 0 Å². The number of sulfonamides is 1. The number of benzene rings is 2. The highest BCUT2D eigenvalue weighted by Gasteiger charge is 2.41. The third-order valence-corrected chi connectivity index (χ3v) is 8.51. The molecule has 0 aromatic heterocycles. The summed E-state index contributed by atoms with van der Waals surface area (Å²) in [5, 5.41) is 0. The van der Waals surface area contributed by atoms with Gasteiger partial charge < -0.3 is 8.31 Å². The zero-order valence-electron chi connectivity index (χ0n) is 15.5. The molecule has 0 radical (unpaired) electrons. The molecule has 0 aliphatic heterocycles. The van der Waals surface area contributed by atoms with Crippen LogP contribution in [0.3, 0.4) is 0 Å². The van der Waals surface area contributed by atoms with Crippen LogP contribution in [0.25, 0.3) is 4.13 Å². The molecule has 1 atom stereocenters. The van der Waals surface area contributed by atoms with E-state index < -0.39 is 36.7 Å². The highest BCUT2D eigenvalue weighted by Crippen LogP contribution is 2.36. The van der Waals surface area contributed by atoms with Gasteiger partial charge in [0.05, 0.1) is 10.9 Å². The second-order valence-corrected chi connectivity index (χ2v) is 12.5. The first kappa shape index (κ1) is 23.5. The van der Waals surface area contributed by atoms with Gasteiger partial charge in [-0.05, 0) is 45.0 Å². The Morgan fingerprint density at radius 1 is 0.862 bits per heavy atom. The van der Waals surface area contributed by atoms with Crippen LogP contribution in [0.5, 0.6) is 5.75 Å². The molecular weight excluding hydrogens is 451 g/mol. The van der Waals surface area contributed by atoms with E-state index in [0.29, 0.717) is 4.90 Å². The predicted octanol–water partition coefficient (Wildman–Crippen LogP) is 4.37. The molecule has 0 saturated heterocycles. The van der Waals surface area contributed by atoms with Crippen LogP contribution in [-0.2, 0) is 31.2 Å². The first-order valence-electron chi connectivity index (χ1n) is 8.02. The van der Waals surface area contributed by atoms with Crippen LogP contribution in [0, 0.1) is 0 Å². The summed E-state index contributed by atoms with van der Waals surface area (Å²) in [6.45, 7) is 5.95. The fourth-order valence-corrected chi connectivity index (χ4v) is 6.68. The van der Waals surface area contributed by atoms with Crippen molar-refractivity contribution in [3.63, 3.8) is 0 Å². The molecule has 0 aliphatic carbocycles. The largest absolute Gasteiger partial charge is 0.480 e. The average Bonchev–Trinajstić information content (AvgIpc) is 2.52. The van der Waals surface area contributed by atoms with E-state index in [1.54, 1.807) is 6.07 Å². The van der Waals surface area contributed by atoms with E-state index in [4.69, 9.17) is 0 Å². The second kappa shape index (κ2) is 8.17. The normalized spacial score (nSPS) is 14.4. The van der Waals surface area contributed by atoms with Crippen LogP contribution in [0.1, 0.15) is 20.8 Å². The fraction of sp³-hybridized carbons (Fsp3) is 0.294. The predicted molar refractivity (Wildman–Crippen MR) is 104 cm³/mol. The van der Waals surface area contributed by atoms with Crippen molar-refractivity contribution in [3.05, 3.63) is 58.7 Å². The van der Waals surface area contributed by atoms with Gasteiger partial charge in [0.2, 0.25) is 10.3 Å². The van der Waals surface area contributed by atoms with Gasteiger partial charge in [0.25, 0.3) is 0 Å². The number of alkyl halides is 3. The Morgan fingerprint density at radius 2 is 1.41 bits per heavy atom. The van der Waals surface area contributed by atoms with Crippen molar-refractivity contribution in [2.24, 2.45) is 0 Å². The highest BCUT2D eigenvalue weighted by atomic mass is 32.3. The molecule has 160 valence electrons. The lowest BCUT2D eigenvalue weighted by Gasteiger charge is -2.23. The maximum absolute atomic E-state index is 12.4. The quantitative estimate of drug-likeness (QED) is 0.586. The molecule has 0 fully saturated rings. The zero-order chi connectivity index (χ0) is 22.1. The molecule has 0 spiro atoms. The minimum atomic E-state index is -6.25. The molecule has 0 bridgehead atoms. The van der Waals surface area contributed by atoms with Crippen molar-refractivity contribution in [2.45, 2.75) is 40.8 Å². The van der Waals surface area contributed by atoms with Crippen molar-refractivity contribution >= 4 is 31.2 Å². The fourth-order valence-electron chi connectivity index (χ4n) is 2.35. The topological polar surface area (TPSA) is 91.6 Å². The Kier molecular flexibility index (Phi) is 6.62. The highest BCUT2D eigenvalue weighted by molar-refractivity contribution is 8.10. The van der Waals surface area contributed by atoms with Gasteiger partial charge in [-0.2, -0.15) is 13.2 Å². The van der Waals surface area contributed by atoms with Gasteiger partial charge in [-0.25, -0.2) is 16.8 Å². The third kappa shape index (κ3) is 6.11. The maximum Gasteiger partial charge on any atom is 0.480 e. The molecule has 0 saturated carbocycles. The number of nitrogens with zero attached hydrogens (tertiary/aromatic N) is 1. The van der Waals surface area contributed by atoms with Crippen LogP contribution < -0.4 is 4.18 Å². The van der Waals surface area contributed by atoms with Gasteiger partial charge in [0, 0.05) is 6.07 Å². The molecule has 2 aromatic carbocycles. The van der Waals surface area contributed by atoms with Crippen molar-refractivity contribution in [1.82, 2.24) is 0 Å². The summed E-state index contributed by atoms with van der Waals surface area (Å²) in [6.07, 6.45) is 0. The zero-order valence-corrected chi connectivity index (χ0v) is 18.0. The monoisotopic (exact) mass is 469 g/mol. The Morgan fingerprint density at radius 3 is 1.93 bits per heavy atom. The SMILES string of the molecule is CC(C)(C)[S+](c1ccccc1)c1cccc(OS(=O)(=O)[N-]S(=O)(=O)C(F)(F)F)c1. The van der Waals surface area contributed by atoms with Gasteiger partial charge >= 0.3 is 5.51 Å². The molecule has 12 heteroatoms. The van der Waals surface area contributed by atoms with E-state index in [9.17, 15) is 30.0 Å². The van der Waals surface area contributed by atoms with Gasteiger partial charge in [-0.3, -0.25) is 0 Å². The number of hydrogen-bond donors (Lipinski definition) is 0. The summed E-state index contributed by atoms with van der Waals surface area (Å²) in [7, 11) is -12.2. The lowest BCUT2D eigenvalue weighted by Crippen LogP contribution is -2.28. The molecule has 6 nitrogen and oxygen atoms in total. The summed E-state index contributed by atoms with van der Waals surface area (Å²) in [5.74, 6) is -0.346. The van der Waals surface area contributed by atoms with E-state index in [1.165, 1.54) is 18.2 Å². The Balaban J connectivity index is 2.38. The Hall–Kier alpha value is -1.76. The number of halogens is 3. The summed E-state index contributed by atoms with van der Waals surface area (Å²) < 4.78 is 88.8. The van der Waals surface area contributed by atoms with Crippen LogP contribution in [0.2, 0.25) is 0 Å². The lowest BCUT2D eigenvalue weighted by atomic mass is 10.3. The van der Waals surface area contributed by atoms with E-state index >= 15 is 0 Å². The lowest BCUT2D eigenvalue weighted by molar-refractivity contribution is -0.0425. The van der Waals surface area contributed by atoms with Gasteiger partial charge in [0.15, 0.2) is 19.8 Å². The third-order valence-electron chi connectivity index (χ3n) is 3.32. The van der Waals surface area contributed by atoms with Crippen molar-refractivity contribution in [3.8, 4) is 5.75 Å². The Bertz CT molecular complexity index is 1060. The molecule has 29 heavy (non-hydrogen) atoms. The van der Waals surface area contributed by atoms with Crippen LogP contribution >= 0.6 is 0 Å². The molecular formula is C17H18F3NO5S3. The first-order chi connectivity index (χ1) is 13.1. The molecule has 0 aliphatic rings. The van der Waals surface area contributed by atoms with E-state index in [2.05, 4.69) is 4.18 Å². The molecule has 2 aromatic rings. The number of hydrogen-bond acceptors (Lipinski definition) is 5. The number of rotatable bonds is 6. The Labute approximate surface area is 170 Å². The van der Waals surface area contributed by atoms with E-state index in [1.807, 2.05) is 55.2 Å². The molecule has 2 rings (SSSR count). The van der Waals surface area contributed by atoms with Crippen molar-refractivity contribution in [2.75, 3.05) is 0 Å². The summed E-state index contributed by atoms with van der Waals surface area (Å²) in [6, 6.07) is 15.1. The summed E-state index contributed by atoms with van der Waals surface area (Å²) in [4.78, 5) is 1.62. The van der Waals surface area contributed by atoms with Gasteiger partial charge in [-0.15, -0.1) is 0 Å². The minimum absolute atomic E-state index is 0.275. The molecule has 0 amide bonds. The maximum atomic E-state index is 12.4. The van der Waals surface area contributed by atoms with Crippen molar-refractivity contribution < 1.29 is 34.2 Å².